The van der Waals surface area contributed by atoms with E-state index in [2.05, 4.69) is 144 Å². The highest BCUT2D eigenvalue weighted by Crippen LogP contribution is 2.35. The first kappa shape index (κ1) is 19.9. The van der Waals surface area contributed by atoms with Crippen LogP contribution >= 0.6 is 0 Å². The maximum absolute atomic E-state index is 2.43. The van der Waals surface area contributed by atoms with Gasteiger partial charge in [-0.1, -0.05) is 121 Å². The topological polar surface area (TPSA) is 6.48 Å². The molecule has 32 heavy (non-hydrogen) atoms. The van der Waals surface area contributed by atoms with Gasteiger partial charge in [0.25, 0.3) is 0 Å². The fraction of sp³-hybridized carbons (Fsp3) is 0.0667. The van der Waals surface area contributed by atoms with Gasteiger partial charge >= 0.3 is 0 Å². The molecule has 0 aromatic heterocycles. The number of nitrogens with zero attached hydrogens (tertiary/aromatic N) is 2. The molecule has 156 valence electrons. The maximum atomic E-state index is 2.43. The Bertz CT molecular complexity index is 1140. The van der Waals surface area contributed by atoms with Gasteiger partial charge in [0, 0.05) is 25.5 Å². The van der Waals surface area contributed by atoms with Crippen molar-refractivity contribution >= 4 is 11.4 Å². The molecule has 1 aliphatic rings. The van der Waals surface area contributed by atoms with Crippen molar-refractivity contribution in [2.45, 2.75) is 13.1 Å². The summed E-state index contributed by atoms with van der Waals surface area (Å²) in [5.74, 6) is 0. The molecular formula is C30H26N2. The molecule has 0 N–H and O–H groups in total. The molecule has 0 spiro atoms. The largest absolute Gasteiger partial charge is 0.346 e. The molecule has 1 aliphatic heterocycles. The number of hydrogen-bond donors (Lipinski definition) is 0. The molecule has 2 nitrogen and oxygen atoms in total. The molecule has 4 aromatic carbocycles. The predicted octanol–water partition coefficient (Wildman–Crippen LogP) is 7.00. The number of benzene rings is 4. The Morgan fingerprint density at radius 3 is 1.22 bits per heavy atom. The summed E-state index contributed by atoms with van der Waals surface area (Å²) in [7, 11) is 0. The van der Waals surface area contributed by atoms with Gasteiger partial charge in [0.2, 0.25) is 0 Å². The van der Waals surface area contributed by atoms with E-state index in [1.54, 1.807) is 0 Å². The SMILES string of the molecule is C1=C(c2ccccc2)N(Cc2ccccc2)C(c2ccccc2)=CN1Cc1ccccc1. The Hall–Kier alpha value is -4.04. The molecule has 0 aliphatic carbocycles. The van der Waals surface area contributed by atoms with Crippen molar-refractivity contribution in [3.63, 3.8) is 0 Å². The lowest BCUT2D eigenvalue weighted by Gasteiger charge is -2.37. The summed E-state index contributed by atoms with van der Waals surface area (Å²) in [6, 6.07) is 42.7. The fourth-order valence-corrected chi connectivity index (χ4v) is 4.12. The molecule has 5 rings (SSSR count). The van der Waals surface area contributed by atoms with Gasteiger partial charge in [-0.05, 0) is 22.3 Å². The van der Waals surface area contributed by atoms with E-state index in [1.165, 1.54) is 33.6 Å². The van der Waals surface area contributed by atoms with Crippen molar-refractivity contribution in [3.8, 4) is 0 Å². The normalized spacial score (nSPS) is 13.5. The standard InChI is InChI=1S/C30H26N2/c1-5-13-25(14-6-1)21-31-23-29(27-17-9-3-10-18-27)32(22-26-15-7-2-8-16-26)30(24-31)28-19-11-4-12-20-28/h1-20,23-24H,21-22H2. The zero-order chi connectivity index (χ0) is 21.6. The quantitative estimate of drug-likeness (QED) is 0.335. The minimum atomic E-state index is 0.807. The minimum absolute atomic E-state index is 0.807. The predicted molar refractivity (Wildman–Crippen MR) is 133 cm³/mol. The van der Waals surface area contributed by atoms with Crippen molar-refractivity contribution < 1.29 is 0 Å². The zero-order valence-electron chi connectivity index (χ0n) is 18.0. The van der Waals surface area contributed by atoms with Crippen LogP contribution in [0.3, 0.4) is 0 Å². The average Bonchev–Trinajstić information content (AvgIpc) is 2.87. The number of rotatable bonds is 6. The highest BCUT2D eigenvalue weighted by Gasteiger charge is 2.23. The van der Waals surface area contributed by atoms with Gasteiger partial charge in [-0.25, -0.2) is 0 Å². The molecule has 0 fully saturated rings. The molecule has 0 saturated carbocycles. The summed E-state index contributed by atoms with van der Waals surface area (Å²) in [6.07, 6.45) is 4.55. The van der Waals surface area contributed by atoms with Gasteiger partial charge in [0.05, 0.1) is 11.4 Å². The first-order valence-corrected chi connectivity index (χ1v) is 11.0. The van der Waals surface area contributed by atoms with E-state index in [4.69, 9.17) is 0 Å². The summed E-state index contributed by atoms with van der Waals surface area (Å²) in [5, 5.41) is 0. The smallest absolute Gasteiger partial charge is 0.0653 e. The lowest BCUT2D eigenvalue weighted by Crippen LogP contribution is -2.28. The van der Waals surface area contributed by atoms with Crippen LogP contribution in [0.1, 0.15) is 22.3 Å². The second-order valence-corrected chi connectivity index (χ2v) is 7.99. The Labute approximate surface area is 190 Å². The Kier molecular flexibility index (Phi) is 5.85. The Balaban J connectivity index is 1.60. The molecule has 0 atom stereocenters. The van der Waals surface area contributed by atoms with E-state index in [1.807, 2.05) is 0 Å². The van der Waals surface area contributed by atoms with E-state index in [0.29, 0.717) is 0 Å². The third kappa shape index (κ3) is 4.50. The second-order valence-electron chi connectivity index (χ2n) is 7.99. The third-order valence-corrected chi connectivity index (χ3v) is 5.69. The number of hydrogen-bond acceptors (Lipinski definition) is 2. The molecule has 1 heterocycles. The van der Waals surface area contributed by atoms with Crippen LogP contribution in [-0.4, -0.2) is 9.80 Å². The third-order valence-electron chi connectivity index (χ3n) is 5.69. The average molecular weight is 415 g/mol. The molecule has 4 aromatic rings. The van der Waals surface area contributed by atoms with Crippen LogP contribution in [0.15, 0.2) is 134 Å². The van der Waals surface area contributed by atoms with Crippen LogP contribution in [-0.2, 0) is 13.1 Å². The fourth-order valence-electron chi connectivity index (χ4n) is 4.12. The highest BCUT2D eigenvalue weighted by molar-refractivity contribution is 5.79. The molecular weight excluding hydrogens is 388 g/mol. The van der Waals surface area contributed by atoms with Gasteiger partial charge in [-0.3, -0.25) is 0 Å². The monoisotopic (exact) mass is 414 g/mol. The van der Waals surface area contributed by atoms with Crippen LogP contribution in [0.5, 0.6) is 0 Å². The second kappa shape index (κ2) is 9.40. The lowest BCUT2D eigenvalue weighted by atomic mass is 10.0. The molecule has 0 bridgehead atoms. The summed E-state index contributed by atoms with van der Waals surface area (Å²) in [5.41, 5.74) is 7.40. The first-order chi connectivity index (χ1) is 15.9. The van der Waals surface area contributed by atoms with E-state index < -0.39 is 0 Å². The van der Waals surface area contributed by atoms with Gasteiger partial charge in [0.1, 0.15) is 0 Å². The van der Waals surface area contributed by atoms with E-state index in [9.17, 15) is 0 Å². The molecule has 0 radical (unpaired) electrons. The molecule has 0 unspecified atom stereocenters. The van der Waals surface area contributed by atoms with Crippen molar-refractivity contribution in [2.24, 2.45) is 0 Å². The van der Waals surface area contributed by atoms with Crippen molar-refractivity contribution in [3.05, 3.63) is 156 Å². The van der Waals surface area contributed by atoms with E-state index >= 15 is 0 Å². The first-order valence-electron chi connectivity index (χ1n) is 11.0. The van der Waals surface area contributed by atoms with Crippen molar-refractivity contribution in [1.82, 2.24) is 9.80 Å². The Morgan fingerprint density at radius 1 is 0.406 bits per heavy atom. The maximum Gasteiger partial charge on any atom is 0.0653 e. The summed E-state index contributed by atoms with van der Waals surface area (Å²) < 4.78 is 0. The van der Waals surface area contributed by atoms with Crippen LogP contribution in [0, 0.1) is 0 Å². The summed E-state index contributed by atoms with van der Waals surface area (Å²) in [4.78, 5) is 4.74. The molecule has 0 saturated heterocycles. The van der Waals surface area contributed by atoms with Gasteiger partial charge in [0.15, 0.2) is 0 Å². The van der Waals surface area contributed by atoms with Gasteiger partial charge in [-0.15, -0.1) is 0 Å². The van der Waals surface area contributed by atoms with Crippen molar-refractivity contribution in [2.75, 3.05) is 0 Å². The van der Waals surface area contributed by atoms with Crippen LogP contribution in [0.25, 0.3) is 11.4 Å². The van der Waals surface area contributed by atoms with Crippen LogP contribution < -0.4 is 0 Å². The minimum Gasteiger partial charge on any atom is -0.346 e. The summed E-state index contributed by atoms with van der Waals surface area (Å²) >= 11 is 0. The van der Waals surface area contributed by atoms with Crippen molar-refractivity contribution in [1.29, 1.82) is 0 Å². The van der Waals surface area contributed by atoms with Gasteiger partial charge < -0.3 is 9.80 Å². The summed E-state index contributed by atoms with van der Waals surface area (Å²) in [6.45, 7) is 1.63. The van der Waals surface area contributed by atoms with Gasteiger partial charge in [-0.2, -0.15) is 0 Å². The highest BCUT2D eigenvalue weighted by atomic mass is 15.2. The van der Waals surface area contributed by atoms with E-state index in [-0.39, 0.29) is 0 Å². The Morgan fingerprint density at radius 2 is 0.781 bits per heavy atom. The lowest BCUT2D eigenvalue weighted by molar-refractivity contribution is 0.446. The van der Waals surface area contributed by atoms with Crippen LogP contribution in [0.4, 0.5) is 0 Å². The molecule has 0 amide bonds. The van der Waals surface area contributed by atoms with Crippen LogP contribution in [0.2, 0.25) is 0 Å². The van der Waals surface area contributed by atoms with E-state index in [0.717, 1.165) is 13.1 Å². The molecule has 2 heteroatoms. The zero-order valence-corrected chi connectivity index (χ0v) is 18.0.